The summed E-state index contributed by atoms with van der Waals surface area (Å²) in [5.41, 5.74) is 3.55. The van der Waals surface area contributed by atoms with E-state index in [9.17, 15) is 0 Å². The third kappa shape index (κ3) is 1.73. The minimum atomic E-state index is 0.268. The van der Waals surface area contributed by atoms with Gasteiger partial charge in [0.1, 0.15) is 0 Å². The molecular weight excluding hydrogens is 268 g/mol. The van der Waals surface area contributed by atoms with Crippen molar-refractivity contribution in [2.45, 2.75) is 24.0 Å². The molecule has 4 nitrogen and oxygen atoms in total. The van der Waals surface area contributed by atoms with Crippen LogP contribution in [0.3, 0.4) is 0 Å². The van der Waals surface area contributed by atoms with Gasteiger partial charge in [0.15, 0.2) is 10.8 Å². The SMILES string of the molecule is CSc1ncc2cnn(C3CCc4[c]cccc43)c2n1. The van der Waals surface area contributed by atoms with E-state index in [1.165, 1.54) is 11.1 Å². The van der Waals surface area contributed by atoms with Crippen molar-refractivity contribution in [1.29, 1.82) is 0 Å². The van der Waals surface area contributed by atoms with Gasteiger partial charge in [0.25, 0.3) is 0 Å². The normalized spacial score (nSPS) is 17.6. The van der Waals surface area contributed by atoms with Crippen molar-refractivity contribution in [3.8, 4) is 0 Å². The molecule has 20 heavy (non-hydrogen) atoms. The quantitative estimate of drug-likeness (QED) is 0.535. The van der Waals surface area contributed by atoms with Crippen LogP contribution in [0.15, 0.2) is 35.7 Å². The summed E-state index contributed by atoms with van der Waals surface area (Å²) < 4.78 is 2.04. The molecule has 0 amide bonds. The van der Waals surface area contributed by atoms with Gasteiger partial charge in [-0.2, -0.15) is 5.10 Å². The van der Waals surface area contributed by atoms with Crippen LogP contribution < -0.4 is 0 Å². The summed E-state index contributed by atoms with van der Waals surface area (Å²) in [6.45, 7) is 0. The zero-order valence-corrected chi connectivity index (χ0v) is 11.9. The first-order valence-corrected chi connectivity index (χ1v) is 7.83. The van der Waals surface area contributed by atoms with Crippen LogP contribution in [0.5, 0.6) is 0 Å². The van der Waals surface area contributed by atoms with Crippen LogP contribution in [0, 0.1) is 6.07 Å². The van der Waals surface area contributed by atoms with Gasteiger partial charge in [0.2, 0.25) is 0 Å². The topological polar surface area (TPSA) is 43.6 Å². The van der Waals surface area contributed by atoms with Crippen molar-refractivity contribution >= 4 is 22.8 Å². The number of aromatic nitrogens is 4. The molecule has 1 aliphatic carbocycles. The molecule has 99 valence electrons. The van der Waals surface area contributed by atoms with Gasteiger partial charge >= 0.3 is 0 Å². The first-order chi connectivity index (χ1) is 9.86. The molecule has 0 spiro atoms. The highest BCUT2D eigenvalue weighted by atomic mass is 32.2. The Balaban J connectivity index is 1.87. The van der Waals surface area contributed by atoms with E-state index in [2.05, 4.69) is 27.2 Å². The van der Waals surface area contributed by atoms with E-state index in [0.717, 1.165) is 29.0 Å². The summed E-state index contributed by atoms with van der Waals surface area (Å²) in [4.78, 5) is 8.92. The fraction of sp³-hybridized carbons (Fsp3) is 0.267. The van der Waals surface area contributed by atoms with Gasteiger partial charge in [-0.3, -0.25) is 0 Å². The van der Waals surface area contributed by atoms with Crippen LogP contribution in [0.4, 0.5) is 0 Å². The Morgan fingerprint density at radius 2 is 2.35 bits per heavy atom. The molecule has 1 aromatic carbocycles. The molecule has 5 heteroatoms. The Bertz CT molecular complexity index is 780. The number of hydrogen-bond donors (Lipinski definition) is 0. The highest BCUT2D eigenvalue weighted by Crippen LogP contribution is 2.35. The lowest BCUT2D eigenvalue weighted by Crippen LogP contribution is -2.09. The molecule has 1 atom stereocenters. The molecule has 3 aromatic rings. The summed E-state index contributed by atoms with van der Waals surface area (Å²) in [6, 6.07) is 9.81. The summed E-state index contributed by atoms with van der Waals surface area (Å²) in [5, 5.41) is 6.33. The molecule has 4 rings (SSSR count). The van der Waals surface area contributed by atoms with E-state index in [4.69, 9.17) is 0 Å². The van der Waals surface area contributed by atoms with Crippen molar-refractivity contribution in [2.24, 2.45) is 0 Å². The minimum absolute atomic E-state index is 0.268. The lowest BCUT2D eigenvalue weighted by atomic mass is 10.1. The monoisotopic (exact) mass is 281 g/mol. The standard InChI is InChI=1S/C15H13N4S/c1-20-15-16-8-11-9-17-19(14(11)18-15)13-7-6-10-4-2-3-5-12(10)13/h2-3,5,8-9,13H,6-7H2,1H3. The van der Waals surface area contributed by atoms with E-state index in [1.54, 1.807) is 11.8 Å². The molecule has 0 N–H and O–H groups in total. The summed E-state index contributed by atoms with van der Waals surface area (Å²) in [7, 11) is 0. The van der Waals surface area contributed by atoms with E-state index >= 15 is 0 Å². The molecule has 1 unspecified atom stereocenters. The number of nitrogens with zero attached hydrogens (tertiary/aromatic N) is 4. The Morgan fingerprint density at radius 1 is 1.40 bits per heavy atom. The predicted molar refractivity (Wildman–Crippen MR) is 78.8 cm³/mol. The molecular formula is C15H13N4S. The van der Waals surface area contributed by atoms with Crippen LogP contribution in [0.2, 0.25) is 0 Å². The Labute approximate surface area is 121 Å². The number of aryl methyl sites for hydroxylation is 1. The second-order valence-electron chi connectivity index (χ2n) is 4.88. The van der Waals surface area contributed by atoms with Crippen molar-refractivity contribution in [2.75, 3.05) is 6.26 Å². The maximum Gasteiger partial charge on any atom is 0.189 e. The average Bonchev–Trinajstić information content (AvgIpc) is 3.09. The zero-order chi connectivity index (χ0) is 13.5. The molecule has 2 aromatic heterocycles. The number of fused-ring (bicyclic) bond motifs is 2. The van der Waals surface area contributed by atoms with Gasteiger partial charge in [-0.15, -0.1) is 0 Å². The lowest BCUT2D eigenvalue weighted by molar-refractivity contribution is 0.531. The number of rotatable bonds is 2. The first-order valence-electron chi connectivity index (χ1n) is 6.60. The molecule has 1 radical (unpaired) electrons. The van der Waals surface area contributed by atoms with Crippen LogP contribution in [0.1, 0.15) is 23.6 Å². The van der Waals surface area contributed by atoms with E-state index < -0.39 is 0 Å². The summed E-state index contributed by atoms with van der Waals surface area (Å²) in [5.74, 6) is 0. The van der Waals surface area contributed by atoms with Crippen LogP contribution in [-0.2, 0) is 6.42 Å². The van der Waals surface area contributed by atoms with Gasteiger partial charge in [0.05, 0.1) is 17.6 Å². The van der Waals surface area contributed by atoms with E-state index in [1.807, 2.05) is 35.5 Å². The van der Waals surface area contributed by atoms with Gasteiger partial charge < -0.3 is 0 Å². The Morgan fingerprint density at radius 3 is 3.25 bits per heavy atom. The van der Waals surface area contributed by atoms with Crippen molar-refractivity contribution in [3.63, 3.8) is 0 Å². The molecule has 2 heterocycles. The van der Waals surface area contributed by atoms with E-state index in [-0.39, 0.29) is 6.04 Å². The Hall–Kier alpha value is -1.88. The highest BCUT2D eigenvalue weighted by molar-refractivity contribution is 7.98. The summed E-state index contributed by atoms with van der Waals surface area (Å²) >= 11 is 1.55. The second kappa shape index (κ2) is 4.59. The van der Waals surface area contributed by atoms with Gasteiger partial charge in [0, 0.05) is 6.20 Å². The average molecular weight is 281 g/mol. The molecule has 0 saturated heterocycles. The largest absolute Gasteiger partial charge is 0.240 e. The molecule has 0 saturated carbocycles. The summed E-state index contributed by atoms with van der Waals surface area (Å²) in [6.07, 6.45) is 7.81. The number of thioether (sulfide) groups is 1. The highest BCUT2D eigenvalue weighted by Gasteiger charge is 2.26. The fourth-order valence-corrected chi connectivity index (χ4v) is 3.19. The molecule has 0 fully saturated rings. The second-order valence-corrected chi connectivity index (χ2v) is 5.66. The third-order valence-electron chi connectivity index (χ3n) is 3.79. The van der Waals surface area contributed by atoms with Crippen molar-refractivity contribution in [1.82, 2.24) is 19.7 Å². The van der Waals surface area contributed by atoms with E-state index in [0.29, 0.717) is 0 Å². The zero-order valence-electron chi connectivity index (χ0n) is 11.1. The fourth-order valence-electron chi connectivity index (χ4n) is 2.85. The molecule has 0 bridgehead atoms. The van der Waals surface area contributed by atoms with Gasteiger partial charge in [-0.1, -0.05) is 30.0 Å². The first kappa shape index (κ1) is 11.9. The van der Waals surface area contributed by atoms with Gasteiger partial charge in [-0.05, 0) is 36.3 Å². The lowest BCUT2D eigenvalue weighted by Gasteiger charge is -2.13. The minimum Gasteiger partial charge on any atom is -0.240 e. The van der Waals surface area contributed by atoms with Gasteiger partial charge in [-0.25, -0.2) is 14.6 Å². The third-order valence-corrected chi connectivity index (χ3v) is 4.36. The maximum absolute atomic E-state index is 4.61. The smallest absolute Gasteiger partial charge is 0.189 e. The number of hydrogen-bond acceptors (Lipinski definition) is 4. The van der Waals surface area contributed by atoms with Crippen molar-refractivity contribution < 1.29 is 0 Å². The van der Waals surface area contributed by atoms with Crippen LogP contribution in [0.25, 0.3) is 11.0 Å². The van der Waals surface area contributed by atoms with Crippen LogP contribution >= 0.6 is 11.8 Å². The van der Waals surface area contributed by atoms with Crippen molar-refractivity contribution in [3.05, 3.63) is 47.8 Å². The number of benzene rings is 1. The Kier molecular flexibility index (Phi) is 2.73. The maximum atomic E-state index is 4.61. The van der Waals surface area contributed by atoms with Crippen LogP contribution in [-0.4, -0.2) is 26.0 Å². The predicted octanol–water partition coefficient (Wildman–Crippen LogP) is 2.88. The molecule has 0 aliphatic heterocycles. The molecule has 1 aliphatic rings.